The molecule has 1 unspecified atom stereocenters. The molecule has 2 saturated heterocycles. The lowest BCUT2D eigenvalue weighted by molar-refractivity contribution is 0.197. The predicted octanol–water partition coefficient (Wildman–Crippen LogP) is 1.09. The average molecular weight is 271 g/mol. The molecule has 2 aliphatic rings. The fraction of sp³-hybridized carbons (Fsp3) is 0.455. The molecular weight excluding hydrogens is 259 g/mol. The number of carbonyl (C=O) groups excluding carboxylic acids is 1. The lowest BCUT2D eigenvalue weighted by atomic mass is 10.2. The summed E-state index contributed by atoms with van der Waals surface area (Å²) in [6, 6.07) is 1.31. The predicted molar refractivity (Wildman–Crippen MR) is 65.3 cm³/mol. The molecule has 0 radical (unpaired) electrons. The van der Waals surface area contributed by atoms with Crippen LogP contribution in [0.25, 0.3) is 0 Å². The van der Waals surface area contributed by atoms with Crippen LogP contribution in [0.1, 0.15) is 0 Å². The zero-order chi connectivity index (χ0) is 12.7. The Morgan fingerprint density at radius 2 is 2.33 bits per heavy atom. The Kier molecular flexibility index (Phi) is 2.74. The normalized spacial score (nSPS) is 23.0. The third-order valence-corrected chi connectivity index (χ3v) is 3.53. The number of rotatable bonds is 1. The Morgan fingerprint density at radius 3 is 3.11 bits per heavy atom. The summed E-state index contributed by atoms with van der Waals surface area (Å²) in [6.45, 7) is 2.35. The van der Waals surface area contributed by atoms with Gasteiger partial charge in [-0.2, -0.15) is 0 Å². The maximum atomic E-state index is 13.8. The fourth-order valence-corrected chi connectivity index (χ4v) is 2.58. The van der Waals surface area contributed by atoms with Crippen LogP contribution in [0.4, 0.5) is 15.0 Å². The number of halogens is 2. The van der Waals surface area contributed by atoms with E-state index < -0.39 is 5.82 Å². The Bertz CT molecular complexity index is 498. The van der Waals surface area contributed by atoms with E-state index in [-0.39, 0.29) is 17.1 Å². The number of hydrogen-bond donors (Lipinski definition) is 1. The zero-order valence-electron chi connectivity index (χ0n) is 9.57. The van der Waals surface area contributed by atoms with Crippen LogP contribution in [0, 0.1) is 5.82 Å². The first kappa shape index (κ1) is 11.5. The summed E-state index contributed by atoms with van der Waals surface area (Å²) in [7, 11) is 0. The number of pyridine rings is 1. The minimum atomic E-state index is -0.423. The number of carbonyl (C=O) groups is 1. The van der Waals surface area contributed by atoms with Crippen molar-refractivity contribution < 1.29 is 9.18 Å². The molecule has 2 aliphatic heterocycles. The summed E-state index contributed by atoms with van der Waals surface area (Å²) in [4.78, 5) is 19.1. The summed E-state index contributed by atoms with van der Waals surface area (Å²) < 4.78 is 13.8. The number of piperazine rings is 1. The SMILES string of the molecule is O=C1NCC2CN(c3ncc(Cl)cc3F)CCN12. The van der Waals surface area contributed by atoms with Crippen LogP contribution in [-0.4, -0.2) is 48.1 Å². The summed E-state index contributed by atoms with van der Waals surface area (Å²) in [5.41, 5.74) is 0. The van der Waals surface area contributed by atoms with Crippen molar-refractivity contribution in [1.29, 1.82) is 0 Å². The third-order valence-electron chi connectivity index (χ3n) is 3.32. The zero-order valence-corrected chi connectivity index (χ0v) is 10.3. The van der Waals surface area contributed by atoms with Crippen LogP contribution in [0.15, 0.2) is 12.3 Å². The minimum absolute atomic E-state index is 0.0378. The second-order valence-corrected chi connectivity index (χ2v) is 4.87. The highest BCUT2D eigenvalue weighted by molar-refractivity contribution is 6.30. The van der Waals surface area contributed by atoms with Crippen LogP contribution in [0.2, 0.25) is 5.02 Å². The molecule has 2 fully saturated rings. The molecule has 7 heteroatoms. The molecule has 2 amide bonds. The van der Waals surface area contributed by atoms with E-state index >= 15 is 0 Å². The fourth-order valence-electron chi connectivity index (χ4n) is 2.44. The molecule has 1 atom stereocenters. The summed E-state index contributed by atoms with van der Waals surface area (Å²) in [5, 5.41) is 3.07. The number of anilines is 1. The van der Waals surface area contributed by atoms with Crippen LogP contribution in [-0.2, 0) is 0 Å². The van der Waals surface area contributed by atoms with Gasteiger partial charge in [0.2, 0.25) is 0 Å². The van der Waals surface area contributed by atoms with Gasteiger partial charge in [0.1, 0.15) is 0 Å². The minimum Gasteiger partial charge on any atom is -0.350 e. The van der Waals surface area contributed by atoms with Crippen LogP contribution < -0.4 is 10.2 Å². The second kappa shape index (κ2) is 4.28. The number of hydrogen-bond acceptors (Lipinski definition) is 3. The Hall–Kier alpha value is -1.56. The summed E-state index contributed by atoms with van der Waals surface area (Å²) in [6.07, 6.45) is 1.43. The van der Waals surface area contributed by atoms with Crippen molar-refractivity contribution in [2.45, 2.75) is 6.04 Å². The van der Waals surface area contributed by atoms with E-state index in [1.807, 2.05) is 4.90 Å². The Morgan fingerprint density at radius 1 is 1.50 bits per heavy atom. The number of urea groups is 1. The van der Waals surface area contributed by atoms with E-state index in [0.717, 1.165) is 0 Å². The lowest BCUT2D eigenvalue weighted by Crippen LogP contribution is -2.52. The van der Waals surface area contributed by atoms with Crippen molar-refractivity contribution in [1.82, 2.24) is 15.2 Å². The molecule has 0 aromatic carbocycles. The van der Waals surface area contributed by atoms with Gasteiger partial charge in [-0.3, -0.25) is 0 Å². The van der Waals surface area contributed by atoms with Crippen molar-refractivity contribution >= 4 is 23.4 Å². The van der Waals surface area contributed by atoms with Gasteiger partial charge in [-0.05, 0) is 6.07 Å². The van der Waals surface area contributed by atoms with E-state index in [0.29, 0.717) is 32.0 Å². The van der Waals surface area contributed by atoms with Crippen molar-refractivity contribution in [3.8, 4) is 0 Å². The number of nitrogens with zero attached hydrogens (tertiary/aromatic N) is 3. The highest BCUT2D eigenvalue weighted by Crippen LogP contribution is 2.23. The van der Waals surface area contributed by atoms with Crippen LogP contribution in [0.5, 0.6) is 0 Å². The van der Waals surface area contributed by atoms with Crippen molar-refractivity contribution in [2.24, 2.45) is 0 Å². The van der Waals surface area contributed by atoms with Crippen LogP contribution >= 0.6 is 11.6 Å². The monoisotopic (exact) mass is 270 g/mol. The molecule has 0 bridgehead atoms. The summed E-state index contributed by atoms with van der Waals surface area (Å²) in [5.74, 6) is -0.119. The second-order valence-electron chi connectivity index (χ2n) is 4.44. The van der Waals surface area contributed by atoms with Gasteiger partial charge in [-0.1, -0.05) is 11.6 Å². The van der Waals surface area contributed by atoms with Crippen molar-refractivity contribution in [3.05, 3.63) is 23.1 Å². The largest absolute Gasteiger partial charge is 0.350 e. The molecule has 18 heavy (non-hydrogen) atoms. The van der Waals surface area contributed by atoms with Crippen molar-refractivity contribution in [2.75, 3.05) is 31.1 Å². The molecule has 3 heterocycles. The molecule has 5 nitrogen and oxygen atoms in total. The molecule has 3 rings (SSSR count). The van der Waals surface area contributed by atoms with E-state index in [1.54, 1.807) is 4.90 Å². The molecule has 0 saturated carbocycles. The van der Waals surface area contributed by atoms with E-state index in [9.17, 15) is 9.18 Å². The highest BCUT2D eigenvalue weighted by atomic mass is 35.5. The maximum absolute atomic E-state index is 13.8. The molecule has 0 spiro atoms. The first-order valence-corrected chi connectivity index (χ1v) is 6.13. The van der Waals surface area contributed by atoms with Gasteiger partial charge >= 0.3 is 6.03 Å². The molecule has 96 valence electrons. The molecular formula is C11H12ClFN4O. The molecule has 1 aromatic heterocycles. The number of aromatic nitrogens is 1. The van der Waals surface area contributed by atoms with Gasteiger partial charge in [0, 0.05) is 32.4 Å². The van der Waals surface area contributed by atoms with E-state index in [1.165, 1.54) is 12.3 Å². The number of amides is 2. The molecule has 1 N–H and O–H groups in total. The maximum Gasteiger partial charge on any atom is 0.317 e. The van der Waals surface area contributed by atoms with Crippen molar-refractivity contribution in [3.63, 3.8) is 0 Å². The van der Waals surface area contributed by atoms with E-state index in [4.69, 9.17) is 11.6 Å². The van der Waals surface area contributed by atoms with Crippen LogP contribution in [0.3, 0.4) is 0 Å². The number of nitrogens with one attached hydrogen (secondary N) is 1. The highest BCUT2D eigenvalue weighted by Gasteiger charge is 2.36. The summed E-state index contributed by atoms with van der Waals surface area (Å²) >= 11 is 5.68. The van der Waals surface area contributed by atoms with Gasteiger partial charge in [-0.25, -0.2) is 14.2 Å². The Labute approximate surface area is 109 Å². The lowest BCUT2D eigenvalue weighted by Gasteiger charge is -2.37. The van der Waals surface area contributed by atoms with Gasteiger partial charge in [0.05, 0.1) is 11.1 Å². The molecule has 1 aromatic rings. The molecule has 0 aliphatic carbocycles. The quantitative estimate of drug-likeness (QED) is 0.831. The average Bonchev–Trinajstić information content (AvgIpc) is 2.71. The smallest absolute Gasteiger partial charge is 0.317 e. The first-order chi connectivity index (χ1) is 8.65. The topological polar surface area (TPSA) is 48.5 Å². The first-order valence-electron chi connectivity index (χ1n) is 5.75. The van der Waals surface area contributed by atoms with Gasteiger partial charge < -0.3 is 15.1 Å². The number of fused-ring (bicyclic) bond motifs is 1. The van der Waals surface area contributed by atoms with Gasteiger partial charge in [0.25, 0.3) is 0 Å². The van der Waals surface area contributed by atoms with Gasteiger partial charge in [0.15, 0.2) is 11.6 Å². The third kappa shape index (κ3) is 1.86. The van der Waals surface area contributed by atoms with E-state index in [2.05, 4.69) is 10.3 Å². The Balaban J connectivity index is 1.80. The standard InChI is InChI=1S/C11H12ClFN4O/c12-7-3-9(13)10(14-4-7)16-1-2-17-8(6-16)5-15-11(17)18/h3-4,8H,1-2,5-6H2,(H,15,18). The van der Waals surface area contributed by atoms with Gasteiger partial charge in [-0.15, -0.1) is 0 Å².